The van der Waals surface area contributed by atoms with Crippen molar-refractivity contribution in [3.8, 4) is 16.8 Å². The molecular formula is C21H18N2+2. The van der Waals surface area contributed by atoms with Gasteiger partial charge in [-0.2, -0.15) is 4.57 Å². The first-order valence-corrected chi connectivity index (χ1v) is 7.76. The first kappa shape index (κ1) is 13.6. The molecule has 0 amide bonds. The monoisotopic (exact) mass is 298 g/mol. The van der Waals surface area contributed by atoms with Gasteiger partial charge in [0, 0.05) is 36.4 Å². The van der Waals surface area contributed by atoms with Crippen molar-refractivity contribution in [3.63, 3.8) is 0 Å². The van der Waals surface area contributed by atoms with E-state index in [0.717, 1.165) is 0 Å². The molecule has 2 aromatic carbocycles. The summed E-state index contributed by atoms with van der Waals surface area (Å²) in [7, 11) is 2.03. The van der Waals surface area contributed by atoms with Gasteiger partial charge in [0.1, 0.15) is 7.05 Å². The summed E-state index contributed by atoms with van der Waals surface area (Å²) in [6.45, 7) is 0. The maximum Gasteiger partial charge on any atom is 0.211 e. The third-order valence-corrected chi connectivity index (χ3v) is 4.17. The van der Waals surface area contributed by atoms with Gasteiger partial charge in [0.15, 0.2) is 24.8 Å². The zero-order chi connectivity index (χ0) is 15.6. The van der Waals surface area contributed by atoms with Crippen LogP contribution in [0.1, 0.15) is 0 Å². The molecule has 4 aromatic rings. The van der Waals surface area contributed by atoms with Crippen molar-refractivity contribution < 1.29 is 9.13 Å². The Balaban J connectivity index is 1.70. The molecule has 0 bridgehead atoms. The third-order valence-electron chi connectivity index (χ3n) is 4.17. The van der Waals surface area contributed by atoms with Gasteiger partial charge >= 0.3 is 0 Å². The molecule has 23 heavy (non-hydrogen) atoms. The van der Waals surface area contributed by atoms with E-state index in [2.05, 4.69) is 96.1 Å². The fraction of sp³-hybridized carbons (Fsp3) is 0.0476. The van der Waals surface area contributed by atoms with Crippen LogP contribution in [0.3, 0.4) is 0 Å². The van der Waals surface area contributed by atoms with E-state index in [9.17, 15) is 0 Å². The molecule has 0 saturated heterocycles. The molecule has 0 aliphatic rings. The Hall–Kier alpha value is -3.00. The number of pyridine rings is 2. The predicted molar refractivity (Wildman–Crippen MR) is 92.1 cm³/mol. The van der Waals surface area contributed by atoms with Gasteiger partial charge in [-0.15, -0.1) is 0 Å². The lowest BCUT2D eigenvalue weighted by Crippen LogP contribution is -2.29. The van der Waals surface area contributed by atoms with Crippen LogP contribution in [0.2, 0.25) is 0 Å². The SMILES string of the molecule is C[n+]1ccc(-c2cc[n+](-c3ccc4ccccc4c3)cc2)cc1. The van der Waals surface area contributed by atoms with E-state index in [1.54, 1.807) is 0 Å². The standard InChI is InChI=1S/C21H18N2/c1-22-12-8-18(9-13-22)19-10-14-23(15-11-19)21-7-6-17-4-2-3-5-20(17)16-21/h2-16H,1H3/q+2. The molecule has 2 nitrogen and oxygen atoms in total. The Labute approximate surface area is 135 Å². The molecule has 0 N–H and O–H groups in total. The van der Waals surface area contributed by atoms with E-state index in [-0.39, 0.29) is 0 Å². The van der Waals surface area contributed by atoms with Gasteiger partial charge in [-0.25, -0.2) is 4.57 Å². The number of hydrogen-bond acceptors (Lipinski definition) is 0. The topological polar surface area (TPSA) is 7.76 Å². The Morgan fingerprint density at radius 3 is 1.91 bits per heavy atom. The second-order valence-electron chi connectivity index (χ2n) is 5.78. The second-order valence-corrected chi connectivity index (χ2v) is 5.78. The average molecular weight is 298 g/mol. The van der Waals surface area contributed by atoms with Crippen LogP contribution in [-0.4, -0.2) is 0 Å². The van der Waals surface area contributed by atoms with E-state index in [1.807, 2.05) is 11.6 Å². The maximum atomic E-state index is 2.22. The summed E-state index contributed by atoms with van der Waals surface area (Å²) in [5.74, 6) is 0. The normalized spacial score (nSPS) is 10.8. The summed E-state index contributed by atoms with van der Waals surface area (Å²) >= 11 is 0. The molecular weight excluding hydrogens is 280 g/mol. The zero-order valence-electron chi connectivity index (χ0n) is 13.1. The number of hydrogen-bond donors (Lipinski definition) is 0. The lowest BCUT2D eigenvalue weighted by molar-refractivity contribution is -0.671. The van der Waals surface area contributed by atoms with Crippen LogP contribution in [0.15, 0.2) is 91.5 Å². The van der Waals surface area contributed by atoms with Crippen molar-refractivity contribution >= 4 is 10.8 Å². The minimum absolute atomic E-state index is 1.18. The van der Waals surface area contributed by atoms with E-state index in [4.69, 9.17) is 0 Å². The van der Waals surface area contributed by atoms with E-state index in [0.29, 0.717) is 0 Å². The van der Waals surface area contributed by atoms with Gasteiger partial charge in [0.2, 0.25) is 5.69 Å². The van der Waals surface area contributed by atoms with Crippen LogP contribution in [0.25, 0.3) is 27.6 Å². The van der Waals surface area contributed by atoms with Gasteiger partial charge < -0.3 is 0 Å². The largest absolute Gasteiger partial charge is 0.211 e. The molecule has 110 valence electrons. The molecule has 2 aromatic heterocycles. The number of fused-ring (bicyclic) bond motifs is 1. The van der Waals surface area contributed by atoms with Crippen molar-refractivity contribution in [1.29, 1.82) is 0 Å². The van der Waals surface area contributed by atoms with Gasteiger partial charge in [0.25, 0.3) is 0 Å². The van der Waals surface area contributed by atoms with Crippen molar-refractivity contribution in [2.75, 3.05) is 0 Å². The molecule has 0 fully saturated rings. The molecule has 4 rings (SSSR count). The zero-order valence-corrected chi connectivity index (χ0v) is 13.1. The van der Waals surface area contributed by atoms with Crippen molar-refractivity contribution in [1.82, 2.24) is 0 Å². The second kappa shape index (κ2) is 5.65. The van der Waals surface area contributed by atoms with Crippen molar-refractivity contribution in [2.24, 2.45) is 7.05 Å². The van der Waals surface area contributed by atoms with Crippen LogP contribution < -0.4 is 9.13 Å². The van der Waals surface area contributed by atoms with Crippen LogP contribution in [0.5, 0.6) is 0 Å². The number of aromatic nitrogens is 2. The fourth-order valence-electron chi connectivity index (χ4n) is 2.82. The molecule has 0 saturated carbocycles. The molecule has 0 radical (unpaired) electrons. The molecule has 2 heterocycles. The summed E-state index contributed by atoms with van der Waals surface area (Å²) < 4.78 is 4.20. The highest BCUT2D eigenvalue weighted by atomic mass is 14.9. The number of rotatable bonds is 2. The first-order chi connectivity index (χ1) is 11.3. The van der Waals surface area contributed by atoms with Crippen molar-refractivity contribution in [2.45, 2.75) is 0 Å². The van der Waals surface area contributed by atoms with E-state index < -0.39 is 0 Å². The van der Waals surface area contributed by atoms with Crippen LogP contribution >= 0.6 is 0 Å². The Morgan fingerprint density at radius 2 is 1.22 bits per heavy atom. The van der Waals surface area contributed by atoms with Crippen LogP contribution in [0.4, 0.5) is 0 Å². The van der Waals surface area contributed by atoms with Gasteiger partial charge in [0.05, 0.1) is 0 Å². The van der Waals surface area contributed by atoms with Gasteiger partial charge in [-0.3, -0.25) is 0 Å². The average Bonchev–Trinajstić information content (AvgIpc) is 2.62. The summed E-state index contributed by atoms with van der Waals surface area (Å²) in [6.07, 6.45) is 8.37. The highest BCUT2D eigenvalue weighted by Crippen LogP contribution is 2.18. The lowest BCUT2D eigenvalue weighted by Gasteiger charge is -2.01. The minimum Gasteiger partial charge on any atom is -0.208 e. The maximum absolute atomic E-state index is 2.22. The van der Waals surface area contributed by atoms with Crippen molar-refractivity contribution in [3.05, 3.63) is 91.5 Å². The Morgan fingerprint density at radius 1 is 0.609 bits per heavy atom. The fourth-order valence-corrected chi connectivity index (χ4v) is 2.82. The lowest BCUT2D eigenvalue weighted by atomic mass is 10.1. The number of benzene rings is 2. The van der Waals surface area contributed by atoms with Crippen LogP contribution in [0, 0.1) is 0 Å². The predicted octanol–water partition coefficient (Wildman–Crippen LogP) is 3.61. The molecule has 0 unspecified atom stereocenters. The Kier molecular flexibility index (Phi) is 3.35. The molecule has 0 atom stereocenters. The molecule has 2 heteroatoms. The summed E-state index contributed by atoms with van der Waals surface area (Å²) in [5, 5.41) is 2.53. The summed E-state index contributed by atoms with van der Waals surface area (Å²) in [6, 6.07) is 23.6. The minimum atomic E-state index is 1.18. The number of nitrogens with zero attached hydrogens (tertiary/aromatic N) is 2. The molecule has 0 aliphatic carbocycles. The van der Waals surface area contributed by atoms with E-state index in [1.165, 1.54) is 27.6 Å². The summed E-state index contributed by atoms with van der Waals surface area (Å²) in [4.78, 5) is 0. The smallest absolute Gasteiger partial charge is 0.208 e. The third kappa shape index (κ3) is 2.71. The van der Waals surface area contributed by atoms with E-state index >= 15 is 0 Å². The Bertz CT molecular complexity index is 955. The first-order valence-electron chi connectivity index (χ1n) is 7.76. The molecule has 0 spiro atoms. The highest BCUT2D eigenvalue weighted by Gasteiger charge is 2.08. The van der Waals surface area contributed by atoms with Gasteiger partial charge in [-0.1, -0.05) is 24.3 Å². The van der Waals surface area contributed by atoms with Gasteiger partial charge in [-0.05, 0) is 28.0 Å². The van der Waals surface area contributed by atoms with Crippen LogP contribution in [-0.2, 0) is 7.05 Å². The highest BCUT2D eigenvalue weighted by molar-refractivity contribution is 5.83. The number of aryl methyl sites for hydroxylation is 1. The molecule has 0 aliphatic heterocycles. The quantitative estimate of drug-likeness (QED) is 0.500. The summed E-state index contributed by atoms with van der Waals surface area (Å²) in [5.41, 5.74) is 3.63.